The molecule has 8 heteroatoms. The van der Waals surface area contributed by atoms with Crippen molar-refractivity contribution in [3.63, 3.8) is 0 Å². The van der Waals surface area contributed by atoms with Gasteiger partial charge in [-0.3, -0.25) is 4.79 Å². The zero-order valence-corrected chi connectivity index (χ0v) is 19.0. The molecule has 5 rings (SSSR count). The third kappa shape index (κ3) is 3.71. The fourth-order valence-electron chi connectivity index (χ4n) is 4.63. The Morgan fingerprint density at radius 3 is 2.36 bits per heavy atom. The average molecular weight is 447 g/mol. The lowest BCUT2D eigenvalue weighted by Gasteiger charge is -2.38. The molecule has 1 atom stereocenters. The third-order valence-electron chi connectivity index (χ3n) is 6.15. The van der Waals surface area contributed by atoms with Gasteiger partial charge in [0.2, 0.25) is 5.95 Å². The van der Waals surface area contributed by atoms with Crippen molar-refractivity contribution >= 4 is 11.7 Å². The van der Waals surface area contributed by atoms with Crippen molar-refractivity contribution in [1.29, 1.82) is 0 Å². The van der Waals surface area contributed by atoms with Gasteiger partial charge >= 0.3 is 0 Å². The van der Waals surface area contributed by atoms with Gasteiger partial charge in [0.15, 0.2) is 11.6 Å². The number of allylic oxidation sites excluding steroid dienone is 2. The number of anilines is 1. The third-order valence-corrected chi connectivity index (χ3v) is 6.15. The van der Waals surface area contributed by atoms with Gasteiger partial charge in [0.05, 0.1) is 14.2 Å². The van der Waals surface area contributed by atoms with Crippen LogP contribution in [0, 0.1) is 5.41 Å². The molecule has 2 aromatic carbocycles. The molecule has 3 aromatic rings. The number of hydrogen-bond donors (Lipinski definition) is 2. The highest BCUT2D eigenvalue weighted by atomic mass is 16.5. The molecule has 1 unspecified atom stereocenters. The number of hydrogen-bond acceptors (Lipinski definition) is 7. The van der Waals surface area contributed by atoms with Crippen LogP contribution in [0.5, 0.6) is 17.2 Å². The summed E-state index contributed by atoms with van der Waals surface area (Å²) in [6.07, 6.45) is 1.20. The van der Waals surface area contributed by atoms with E-state index in [0.29, 0.717) is 35.3 Å². The van der Waals surface area contributed by atoms with Crippen molar-refractivity contribution in [3.05, 3.63) is 59.3 Å². The van der Waals surface area contributed by atoms with Crippen LogP contribution in [0.3, 0.4) is 0 Å². The fourth-order valence-corrected chi connectivity index (χ4v) is 4.63. The molecule has 0 saturated heterocycles. The van der Waals surface area contributed by atoms with Gasteiger partial charge in [-0.1, -0.05) is 26.0 Å². The summed E-state index contributed by atoms with van der Waals surface area (Å²) >= 11 is 0. The number of ether oxygens (including phenoxy) is 2. The minimum absolute atomic E-state index is 0.0950. The van der Waals surface area contributed by atoms with E-state index < -0.39 is 6.04 Å². The summed E-state index contributed by atoms with van der Waals surface area (Å²) in [5.74, 6) is 2.58. The normalized spacial score (nSPS) is 18.9. The van der Waals surface area contributed by atoms with E-state index in [1.807, 2.05) is 24.3 Å². The van der Waals surface area contributed by atoms with Crippen LogP contribution in [0.15, 0.2) is 53.7 Å². The van der Waals surface area contributed by atoms with Gasteiger partial charge in [0.25, 0.3) is 0 Å². The second-order valence-corrected chi connectivity index (χ2v) is 9.26. The first-order chi connectivity index (χ1) is 15.8. The number of carbonyl (C=O) groups excluding carboxylic acids is 1. The second-order valence-electron chi connectivity index (χ2n) is 9.26. The Kier molecular flexibility index (Phi) is 4.88. The van der Waals surface area contributed by atoms with Crippen molar-refractivity contribution < 1.29 is 19.4 Å². The first-order valence-electron chi connectivity index (χ1n) is 10.8. The molecule has 2 aliphatic rings. The summed E-state index contributed by atoms with van der Waals surface area (Å²) in [6, 6.07) is 11.9. The predicted octanol–water partition coefficient (Wildman–Crippen LogP) is 4.33. The van der Waals surface area contributed by atoms with E-state index in [1.165, 1.54) is 0 Å². The zero-order valence-electron chi connectivity index (χ0n) is 19.0. The number of ketones is 1. The molecule has 0 amide bonds. The largest absolute Gasteiger partial charge is 0.508 e. The molecule has 1 aliphatic carbocycles. The average Bonchev–Trinajstić information content (AvgIpc) is 3.21. The van der Waals surface area contributed by atoms with E-state index in [9.17, 15) is 9.90 Å². The van der Waals surface area contributed by atoms with E-state index in [-0.39, 0.29) is 16.9 Å². The Labute approximate surface area is 191 Å². The zero-order chi connectivity index (χ0) is 23.3. The topological polar surface area (TPSA) is 98.5 Å². The standard InChI is InChI=1S/C25H26N4O4/c1-25(2)12-19-21(20(31)13-25)22(14-5-7-16(30)8-6-14)29-24(26-19)27-23(28-29)15-9-17(32-3)11-18(10-15)33-4/h5-11,22,30H,12-13H2,1-4H3,(H,26,27,28). The molecule has 170 valence electrons. The van der Waals surface area contributed by atoms with Crippen LogP contribution in [0.4, 0.5) is 5.95 Å². The molecule has 2 N–H and O–H groups in total. The predicted molar refractivity (Wildman–Crippen MR) is 123 cm³/mol. The van der Waals surface area contributed by atoms with Gasteiger partial charge in [-0.05, 0) is 41.7 Å². The highest BCUT2D eigenvalue weighted by Gasteiger charge is 2.41. The molecule has 8 nitrogen and oxygen atoms in total. The van der Waals surface area contributed by atoms with Crippen molar-refractivity contribution in [2.45, 2.75) is 32.7 Å². The number of phenolic OH excluding ortho intramolecular Hbond substituents is 1. The number of rotatable bonds is 4. The Hall–Kier alpha value is -3.81. The summed E-state index contributed by atoms with van der Waals surface area (Å²) in [5.41, 5.74) is 3.03. The Morgan fingerprint density at radius 2 is 1.73 bits per heavy atom. The summed E-state index contributed by atoms with van der Waals surface area (Å²) in [4.78, 5) is 18.1. The number of aromatic hydroxyl groups is 1. The number of benzene rings is 2. The number of fused-ring (bicyclic) bond motifs is 1. The fraction of sp³-hybridized carbons (Fsp3) is 0.320. The van der Waals surface area contributed by atoms with Gasteiger partial charge in [-0.25, -0.2) is 4.68 Å². The van der Waals surface area contributed by atoms with Crippen LogP contribution in [0.2, 0.25) is 0 Å². The monoisotopic (exact) mass is 446 g/mol. The van der Waals surface area contributed by atoms with Crippen molar-refractivity contribution in [1.82, 2.24) is 14.8 Å². The second kappa shape index (κ2) is 7.65. The molecule has 0 saturated carbocycles. The van der Waals surface area contributed by atoms with Gasteiger partial charge in [-0.2, -0.15) is 4.98 Å². The minimum Gasteiger partial charge on any atom is -0.508 e. The SMILES string of the molecule is COc1cc(OC)cc(-c2nc3n(n2)C(c2ccc(O)cc2)C2=C(CC(C)(C)CC2=O)N3)c1. The van der Waals surface area contributed by atoms with Crippen molar-refractivity contribution in [2.24, 2.45) is 5.41 Å². The van der Waals surface area contributed by atoms with Gasteiger partial charge in [-0.15, -0.1) is 5.10 Å². The van der Waals surface area contributed by atoms with Crippen molar-refractivity contribution in [2.75, 3.05) is 19.5 Å². The van der Waals surface area contributed by atoms with Crippen LogP contribution in [-0.4, -0.2) is 39.9 Å². The molecule has 2 heterocycles. The molecule has 1 aliphatic heterocycles. The summed E-state index contributed by atoms with van der Waals surface area (Å²) in [7, 11) is 3.19. The summed E-state index contributed by atoms with van der Waals surface area (Å²) < 4.78 is 12.6. The van der Waals surface area contributed by atoms with Crippen LogP contribution in [0.25, 0.3) is 11.4 Å². The number of methoxy groups -OCH3 is 2. The van der Waals surface area contributed by atoms with E-state index in [1.54, 1.807) is 37.1 Å². The number of nitrogens with one attached hydrogen (secondary N) is 1. The lowest BCUT2D eigenvalue weighted by Crippen LogP contribution is -2.36. The lowest BCUT2D eigenvalue weighted by atomic mass is 9.73. The van der Waals surface area contributed by atoms with E-state index >= 15 is 0 Å². The maximum Gasteiger partial charge on any atom is 0.226 e. The Balaban J connectivity index is 1.67. The van der Waals surface area contributed by atoms with Gasteiger partial charge in [0, 0.05) is 29.3 Å². The molecular weight excluding hydrogens is 420 g/mol. The molecule has 0 radical (unpaired) electrons. The molecular formula is C25H26N4O4. The first-order valence-corrected chi connectivity index (χ1v) is 10.8. The van der Waals surface area contributed by atoms with Crippen LogP contribution in [-0.2, 0) is 4.79 Å². The molecule has 33 heavy (non-hydrogen) atoms. The molecule has 0 spiro atoms. The van der Waals surface area contributed by atoms with Gasteiger partial charge < -0.3 is 19.9 Å². The molecule has 0 bridgehead atoms. The van der Waals surface area contributed by atoms with Crippen molar-refractivity contribution in [3.8, 4) is 28.6 Å². The number of nitrogens with zero attached hydrogens (tertiary/aromatic N) is 3. The quantitative estimate of drug-likeness (QED) is 0.616. The smallest absolute Gasteiger partial charge is 0.226 e. The van der Waals surface area contributed by atoms with E-state index in [4.69, 9.17) is 19.6 Å². The van der Waals surface area contributed by atoms with Gasteiger partial charge in [0.1, 0.15) is 23.3 Å². The Morgan fingerprint density at radius 1 is 1.06 bits per heavy atom. The number of carbonyl (C=O) groups is 1. The molecule has 1 aromatic heterocycles. The maximum atomic E-state index is 13.3. The number of aromatic nitrogens is 3. The summed E-state index contributed by atoms with van der Waals surface area (Å²) in [5, 5.41) is 18.0. The number of phenols is 1. The molecule has 0 fully saturated rings. The minimum atomic E-state index is -0.436. The summed E-state index contributed by atoms with van der Waals surface area (Å²) in [6.45, 7) is 4.19. The highest BCUT2D eigenvalue weighted by Crippen LogP contribution is 2.46. The van der Waals surface area contributed by atoms with E-state index in [0.717, 1.165) is 23.2 Å². The maximum absolute atomic E-state index is 13.3. The van der Waals surface area contributed by atoms with Crippen LogP contribution in [0.1, 0.15) is 38.3 Å². The van der Waals surface area contributed by atoms with Crippen LogP contribution < -0.4 is 14.8 Å². The lowest BCUT2D eigenvalue weighted by molar-refractivity contribution is -0.118. The highest BCUT2D eigenvalue weighted by molar-refractivity contribution is 6.00. The van der Waals surface area contributed by atoms with E-state index in [2.05, 4.69) is 19.2 Å². The Bertz CT molecular complexity index is 1250. The first kappa shape index (κ1) is 21.1. The van der Waals surface area contributed by atoms with Crippen LogP contribution >= 0.6 is 0 Å². The number of Topliss-reactive ketones (excluding diaryl/α,β-unsaturated/α-hetero) is 1.